The molecule has 0 spiro atoms. The number of nitrogens with zero attached hydrogens (tertiary/aromatic N) is 1. The fourth-order valence-corrected chi connectivity index (χ4v) is 3.21. The second kappa shape index (κ2) is 7.67. The molecular weight excluding hydrogens is 292 g/mol. The molecule has 0 aliphatic rings. The summed E-state index contributed by atoms with van der Waals surface area (Å²) in [6.07, 6.45) is 1.96. The zero-order valence-corrected chi connectivity index (χ0v) is 13.6. The van der Waals surface area contributed by atoms with Crippen molar-refractivity contribution in [2.45, 2.75) is 42.1 Å². The van der Waals surface area contributed by atoms with Crippen molar-refractivity contribution in [2.24, 2.45) is 0 Å². The van der Waals surface area contributed by atoms with Gasteiger partial charge in [-0.15, -0.1) is 11.8 Å². The standard InChI is InChI=1S/C14H20N2O2S2/c1-11(2)16-12(10-15)8-9-19-13-4-6-14(7-5-13)20(3,17)18/h4-7,11-12,16H,8-9H2,1-3H3. The summed E-state index contributed by atoms with van der Waals surface area (Å²) in [5.41, 5.74) is 0. The SMILES string of the molecule is CC(C)NC(C#N)CCSc1ccc(S(C)(=O)=O)cc1. The van der Waals surface area contributed by atoms with Crippen LogP contribution in [0.25, 0.3) is 0 Å². The fraction of sp³-hybridized carbons (Fsp3) is 0.500. The molecule has 0 fully saturated rings. The van der Waals surface area contributed by atoms with Gasteiger partial charge in [-0.3, -0.25) is 5.32 Å². The highest BCUT2D eigenvalue weighted by atomic mass is 32.2. The molecule has 1 aromatic carbocycles. The Kier molecular flexibility index (Phi) is 6.53. The van der Waals surface area contributed by atoms with E-state index in [1.165, 1.54) is 6.26 Å². The molecule has 0 radical (unpaired) electrons. The normalized spacial score (nSPS) is 13.2. The third-order valence-corrected chi connectivity index (χ3v) is 4.79. The Morgan fingerprint density at radius 3 is 2.35 bits per heavy atom. The van der Waals surface area contributed by atoms with Gasteiger partial charge in [-0.25, -0.2) is 8.42 Å². The van der Waals surface area contributed by atoms with E-state index in [9.17, 15) is 8.42 Å². The highest BCUT2D eigenvalue weighted by Crippen LogP contribution is 2.21. The van der Waals surface area contributed by atoms with E-state index in [4.69, 9.17) is 5.26 Å². The zero-order chi connectivity index (χ0) is 15.2. The van der Waals surface area contributed by atoms with E-state index in [2.05, 4.69) is 11.4 Å². The van der Waals surface area contributed by atoms with E-state index in [0.717, 1.165) is 17.1 Å². The van der Waals surface area contributed by atoms with Crippen LogP contribution in [0.5, 0.6) is 0 Å². The molecule has 1 rings (SSSR count). The summed E-state index contributed by atoms with van der Waals surface area (Å²) in [6.45, 7) is 4.03. The van der Waals surface area contributed by atoms with Crippen molar-refractivity contribution in [3.63, 3.8) is 0 Å². The van der Waals surface area contributed by atoms with Crippen molar-refractivity contribution in [3.8, 4) is 6.07 Å². The number of rotatable bonds is 7. The molecule has 1 N–H and O–H groups in total. The molecule has 0 aromatic heterocycles. The predicted octanol–water partition coefficient (Wildman–Crippen LogP) is 2.46. The van der Waals surface area contributed by atoms with Crippen LogP contribution in [0.1, 0.15) is 20.3 Å². The lowest BCUT2D eigenvalue weighted by Gasteiger charge is -2.14. The molecule has 0 saturated heterocycles. The molecule has 0 saturated carbocycles. The Labute approximate surface area is 125 Å². The summed E-state index contributed by atoms with van der Waals surface area (Å²) in [6, 6.07) is 9.24. The van der Waals surface area contributed by atoms with Crippen molar-refractivity contribution in [2.75, 3.05) is 12.0 Å². The number of hydrogen-bond donors (Lipinski definition) is 1. The van der Waals surface area contributed by atoms with Crippen LogP contribution in [0.15, 0.2) is 34.1 Å². The molecule has 0 heterocycles. The molecule has 4 nitrogen and oxygen atoms in total. The minimum atomic E-state index is -3.13. The van der Waals surface area contributed by atoms with Gasteiger partial charge in [-0.05, 0) is 44.5 Å². The van der Waals surface area contributed by atoms with Gasteiger partial charge in [0.2, 0.25) is 0 Å². The van der Waals surface area contributed by atoms with Gasteiger partial charge in [0, 0.05) is 22.9 Å². The Balaban J connectivity index is 2.49. The van der Waals surface area contributed by atoms with Gasteiger partial charge in [0.25, 0.3) is 0 Å². The van der Waals surface area contributed by atoms with Gasteiger partial charge < -0.3 is 0 Å². The van der Waals surface area contributed by atoms with Crippen molar-refractivity contribution in [1.29, 1.82) is 5.26 Å². The maximum atomic E-state index is 11.3. The maximum absolute atomic E-state index is 11.3. The summed E-state index contributed by atoms with van der Waals surface area (Å²) < 4.78 is 22.7. The second-order valence-electron chi connectivity index (χ2n) is 4.88. The van der Waals surface area contributed by atoms with Gasteiger partial charge in [-0.1, -0.05) is 0 Å². The number of benzene rings is 1. The number of nitriles is 1. The fourth-order valence-electron chi connectivity index (χ4n) is 1.67. The second-order valence-corrected chi connectivity index (χ2v) is 8.07. The van der Waals surface area contributed by atoms with Gasteiger partial charge in [0.05, 0.1) is 17.0 Å². The summed E-state index contributed by atoms with van der Waals surface area (Å²) in [5.74, 6) is 0.816. The average Bonchev–Trinajstić information content (AvgIpc) is 2.36. The monoisotopic (exact) mass is 312 g/mol. The van der Waals surface area contributed by atoms with Crippen LogP contribution in [-0.4, -0.2) is 32.5 Å². The lowest BCUT2D eigenvalue weighted by molar-refractivity contribution is 0.522. The topological polar surface area (TPSA) is 70.0 Å². The Morgan fingerprint density at radius 1 is 1.30 bits per heavy atom. The van der Waals surface area contributed by atoms with Crippen LogP contribution < -0.4 is 5.32 Å². The number of sulfone groups is 1. The Morgan fingerprint density at radius 2 is 1.90 bits per heavy atom. The lowest BCUT2D eigenvalue weighted by Crippen LogP contribution is -2.33. The van der Waals surface area contributed by atoms with Gasteiger partial charge in [0.15, 0.2) is 9.84 Å². The van der Waals surface area contributed by atoms with Crippen LogP contribution in [-0.2, 0) is 9.84 Å². The van der Waals surface area contributed by atoms with Crippen LogP contribution in [0.3, 0.4) is 0 Å². The first kappa shape index (κ1) is 17.0. The summed E-state index contributed by atoms with van der Waals surface area (Å²) in [5, 5.41) is 12.2. The maximum Gasteiger partial charge on any atom is 0.175 e. The Hall–Kier alpha value is -1.03. The van der Waals surface area contributed by atoms with Crippen LogP contribution in [0, 0.1) is 11.3 Å². The number of nitrogens with one attached hydrogen (secondary N) is 1. The molecule has 20 heavy (non-hydrogen) atoms. The first-order valence-corrected chi connectivity index (χ1v) is 9.29. The molecule has 110 valence electrons. The van der Waals surface area contributed by atoms with Gasteiger partial charge in [-0.2, -0.15) is 5.26 Å². The summed E-state index contributed by atoms with van der Waals surface area (Å²) in [7, 11) is -3.13. The van der Waals surface area contributed by atoms with Crippen molar-refractivity contribution in [3.05, 3.63) is 24.3 Å². The average molecular weight is 312 g/mol. The minimum Gasteiger partial charge on any atom is -0.300 e. The van der Waals surface area contributed by atoms with Gasteiger partial charge >= 0.3 is 0 Å². The summed E-state index contributed by atoms with van der Waals surface area (Å²) >= 11 is 1.62. The molecule has 0 aliphatic heterocycles. The smallest absolute Gasteiger partial charge is 0.175 e. The molecule has 0 amide bonds. The van der Waals surface area contributed by atoms with Crippen molar-refractivity contribution in [1.82, 2.24) is 5.32 Å². The zero-order valence-electron chi connectivity index (χ0n) is 12.0. The third kappa shape index (κ3) is 5.95. The third-order valence-electron chi connectivity index (χ3n) is 2.62. The molecule has 1 atom stereocenters. The first-order chi connectivity index (χ1) is 9.32. The Bertz CT molecular complexity index is 560. The largest absolute Gasteiger partial charge is 0.300 e. The molecular formula is C14H20N2O2S2. The number of hydrogen-bond acceptors (Lipinski definition) is 5. The lowest BCUT2D eigenvalue weighted by atomic mass is 10.2. The highest BCUT2D eigenvalue weighted by Gasteiger charge is 2.09. The molecule has 1 aromatic rings. The molecule has 1 unspecified atom stereocenters. The van der Waals surface area contributed by atoms with E-state index >= 15 is 0 Å². The molecule has 0 bridgehead atoms. The van der Waals surface area contributed by atoms with E-state index in [1.807, 2.05) is 13.8 Å². The van der Waals surface area contributed by atoms with Crippen LogP contribution in [0.4, 0.5) is 0 Å². The molecule has 6 heteroatoms. The highest BCUT2D eigenvalue weighted by molar-refractivity contribution is 7.99. The van der Waals surface area contributed by atoms with Crippen LogP contribution >= 0.6 is 11.8 Å². The predicted molar refractivity (Wildman–Crippen MR) is 82.6 cm³/mol. The van der Waals surface area contributed by atoms with Crippen LogP contribution in [0.2, 0.25) is 0 Å². The van der Waals surface area contributed by atoms with Crippen molar-refractivity contribution >= 4 is 21.6 Å². The number of thioether (sulfide) groups is 1. The van der Waals surface area contributed by atoms with Gasteiger partial charge in [0.1, 0.15) is 0 Å². The van der Waals surface area contributed by atoms with E-state index < -0.39 is 9.84 Å². The molecule has 0 aliphatic carbocycles. The quantitative estimate of drug-likeness (QED) is 0.783. The van der Waals surface area contributed by atoms with E-state index in [-0.39, 0.29) is 6.04 Å². The minimum absolute atomic E-state index is 0.141. The summed E-state index contributed by atoms with van der Waals surface area (Å²) in [4.78, 5) is 1.34. The van der Waals surface area contributed by atoms with Crippen molar-refractivity contribution < 1.29 is 8.42 Å². The van der Waals surface area contributed by atoms with E-state index in [1.54, 1.807) is 36.0 Å². The first-order valence-electron chi connectivity index (χ1n) is 6.41. The van der Waals surface area contributed by atoms with E-state index in [0.29, 0.717) is 10.9 Å².